The zero-order chi connectivity index (χ0) is 16.0. The summed E-state index contributed by atoms with van der Waals surface area (Å²) < 4.78 is 22.2. The quantitative estimate of drug-likeness (QED) is 0.665. The lowest BCUT2D eigenvalue weighted by atomic mass is 10.2. The van der Waals surface area contributed by atoms with Crippen LogP contribution in [0.15, 0.2) is 0 Å². The molecule has 0 bridgehead atoms. The Bertz CT molecular complexity index is 471. The van der Waals surface area contributed by atoms with Crippen molar-refractivity contribution in [1.82, 2.24) is 15.1 Å². The lowest BCUT2D eigenvalue weighted by Gasteiger charge is -2.34. The third-order valence-electron chi connectivity index (χ3n) is 3.48. The minimum absolute atomic E-state index is 0.130. The molecule has 1 fully saturated rings. The van der Waals surface area contributed by atoms with Crippen LogP contribution in [0.5, 0.6) is 0 Å². The summed E-state index contributed by atoms with van der Waals surface area (Å²) in [6.45, 7) is 5.55. The maximum atomic E-state index is 12.0. The van der Waals surface area contributed by atoms with Crippen LogP contribution in [0, 0.1) is 0 Å². The van der Waals surface area contributed by atoms with Gasteiger partial charge in [-0.3, -0.25) is 0 Å². The fourth-order valence-corrected chi connectivity index (χ4v) is 2.76. The van der Waals surface area contributed by atoms with Crippen molar-refractivity contribution in [2.24, 2.45) is 0 Å². The molecule has 21 heavy (non-hydrogen) atoms. The highest BCUT2D eigenvalue weighted by molar-refractivity contribution is 7.90. The first-order chi connectivity index (χ1) is 9.73. The summed E-state index contributed by atoms with van der Waals surface area (Å²) in [6, 6.07) is -1.64. The molecule has 0 aliphatic carbocycles. The van der Waals surface area contributed by atoms with E-state index in [2.05, 4.69) is 10.2 Å². The average molecular weight is 321 g/mol. The van der Waals surface area contributed by atoms with E-state index in [9.17, 15) is 18.0 Å². The topological polar surface area (TPSA) is 107 Å². The number of likely N-dealkylation sites (N-methyl/N-ethyl adjacent to an activating group) is 1. The Kier molecular flexibility index (Phi) is 6.41. The Morgan fingerprint density at radius 3 is 2.24 bits per heavy atom. The molecule has 8 nitrogen and oxygen atoms in total. The molecule has 2 N–H and O–H groups in total. The number of amides is 2. The van der Waals surface area contributed by atoms with Gasteiger partial charge in [0, 0.05) is 32.4 Å². The molecule has 122 valence electrons. The third kappa shape index (κ3) is 6.30. The van der Waals surface area contributed by atoms with Gasteiger partial charge in [-0.05, 0) is 13.0 Å². The molecule has 1 saturated heterocycles. The zero-order valence-electron chi connectivity index (χ0n) is 12.4. The van der Waals surface area contributed by atoms with Crippen molar-refractivity contribution in [2.75, 3.05) is 44.7 Å². The lowest BCUT2D eigenvalue weighted by Crippen LogP contribution is -2.54. The Balaban J connectivity index is 2.51. The van der Waals surface area contributed by atoms with E-state index in [0.717, 1.165) is 25.9 Å². The molecule has 0 aromatic carbocycles. The molecule has 0 aromatic rings. The second kappa shape index (κ2) is 7.60. The standard InChI is InChI=1S/C12H23N3O5S/c1-3-14-5-7-15(8-6-14)12(18)13-10(11(16)17)4-9-21(2,19)20/h10H,3-9H2,1-2H3,(H,13,18)(H,16,17). The number of hydrogen-bond acceptors (Lipinski definition) is 5. The van der Waals surface area contributed by atoms with E-state index in [1.807, 2.05) is 6.92 Å². The number of carbonyl (C=O) groups is 2. The van der Waals surface area contributed by atoms with Crippen LogP contribution < -0.4 is 5.32 Å². The van der Waals surface area contributed by atoms with Gasteiger partial charge in [-0.2, -0.15) is 0 Å². The number of hydrogen-bond donors (Lipinski definition) is 2. The molecule has 1 aliphatic rings. The van der Waals surface area contributed by atoms with Crippen LogP contribution in [0.25, 0.3) is 0 Å². The summed E-state index contributed by atoms with van der Waals surface area (Å²) in [7, 11) is -3.26. The second-order valence-electron chi connectivity index (χ2n) is 5.18. The van der Waals surface area contributed by atoms with Crippen molar-refractivity contribution in [3.63, 3.8) is 0 Å². The number of aliphatic carboxylic acids is 1. The smallest absolute Gasteiger partial charge is 0.326 e. The Morgan fingerprint density at radius 2 is 1.81 bits per heavy atom. The van der Waals surface area contributed by atoms with Gasteiger partial charge in [-0.1, -0.05) is 6.92 Å². The number of carboxylic acids is 1. The average Bonchev–Trinajstić information content (AvgIpc) is 2.42. The predicted octanol–water partition coefficient (Wildman–Crippen LogP) is -0.779. The van der Waals surface area contributed by atoms with Crippen molar-refractivity contribution in [3.05, 3.63) is 0 Å². The van der Waals surface area contributed by atoms with Gasteiger partial charge in [-0.25, -0.2) is 18.0 Å². The first kappa shape index (κ1) is 17.7. The number of carboxylic acid groups (broad SMARTS) is 1. The number of nitrogens with one attached hydrogen (secondary N) is 1. The van der Waals surface area contributed by atoms with Crippen molar-refractivity contribution in [3.8, 4) is 0 Å². The van der Waals surface area contributed by atoms with E-state index < -0.39 is 27.9 Å². The maximum absolute atomic E-state index is 12.0. The number of nitrogens with zero attached hydrogens (tertiary/aromatic N) is 2. The maximum Gasteiger partial charge on any atom is 0.326 e. The molecule has 0 radical (unpaired) electrons. The van der Waals surface area contributed by atoms with Gasteiger partial charge in [0.2, 0.25) is 0 Å². The first-order valence-corrected chi connectivity index (χ1v) is 8.97. The summed E-state index contributed by atoms with van der Waals surface area (Å²) in [5.41, 5.74) is 0. The Hall–Kier alpha value is -1.35. The number of sulfone groups is 1. The molecule has 2 amide bonds. The minimum Gasteiger partial charge on any atom is -0.480 e. The summed E-state index contributed by atoms with van der Waals surface area (Å²) >= 11 is 0. The third-order valence-corrected chi connectivity index (χ3v) is 4.46. The van der Waals surface area contributed by atoms with Gasteiger partial charge in [0.15, 0.2) is 0 Å². The molecule has 1 rings (SSSR count). The van der Waals surface area contributed by atoms with E-state index >= 15 is 0 Å². The largest absolute Gasteiger partial charge is 0.480 e. The molecule has 0 aromatic heterocycles. The predicted molar refractivity (Wildman–Crippen MR) is 78.0 cm³/mol. The van der Waals surface area contributed by atoms with E-state index in [0.29, 0.717) is 13.1 Å². The fourth-order valence-electron chi connectivity index (χ4n) is 2.10. The summed E-state index contributed by atoms with van der Waals surface area (Å²) in [5.74, 6) is -1.49. The molecule has 1 heterocycles. The van der Waals surface area contributed by atoms with E-state index in [4.69, 9.17) is 5.11 Å². The molecule has 0 spiro atoms. The van der Waals surface area contributed by atoms with Crippen LogP contribution in [0.2, 0.25) is 0 Å². The van der Waals surface area contributed by atoms with Crippen LogP contribution in [-0.4, -0.2) is 86.1 Å². The van der Waals surface area contributed by atoms with Crippen LogP contribution in [0.3, 0.4) is 0 Å². The SMILES string of the molecule is CCN1CCN(C(=O)NC(CCS(C)(=O)=O)C(=O)O)CC1. The van der Waals surface area contributed by atoms with Crippen molar-refractivity contribution < 1.29 is 23.1 Å². The molecule has 1 aliphatic heterocycles. The van der Waals surface area contributed by atoms with Crippen molar-refractivity contribution in [2.45, 2.75) is 19.4 Å². The summed E-state index contributed by atoms with van der Waals surface area (Å²) in [6.07, 6.45) is 0.909. The van der Waals surface area contributed by atoms with Gasteiger partial charge < -0.3 is 20.2 Å². The van der Waals surface area contributed by atoms with Crippen molar-refractivity contribution in [1.29, 1.82) is 0 Å². The van der Waals surface area contributed by atoms with Gasteiger partial charge >= 0.3 is 12.0 Å². The molecular formula is C12H23N3O5S. The highest BCUT2D eigenvalue weighted by Gasteiger charge is 2.26. The fraction of sp³-hybridized carbons (Fsp3) is 0.833. The Labute approximate surface area is 125 Å². The van der Waals surface area contributed by atoms with Gasteiger partial charge in [0.25, 0.3) is 0 Å². The molecular weight excluding hydrogens is 298 g/mol. The minimum atomic E-state index is -3.26. The van der Waals surface area contributed by atoms with Crippen LogP contribution in [0.1, 0.15) is 13.3 Å². The number of carbonyl (C=O) groups excluding carboxylic acids is 1. The van der Waals surface area contributed by atoms with Crippen LogP contribution in [-0.2, 0) is 14.6 Å². The van der Waals surface area contributed by atoms with E-state index in [-0.39, 0.29) is 12.2 Å². The lowest BCUT2D eigenvalue weighted by molar-refractivity contribution is -0.139. The van der Waals surface area contributed by atoms with Crippen LogP contribution in [0.4, 0.5) is 4.79 Å². The van der Waals surface area contributed by atoms with Gasteiger partial charge in [-0.15, -0.1) is 0 Å². The normalized spacial score (nSPS) is 18.3. The van der Waals surface area contributed by atoms with Crippen LogP contribution >= 0.6 is 0 Å². The number of piperazine rings is 1. The first-order valence-electron chi connectivity index (χ1n) is 6.91. The Morgan fingerprint density at radius 1 is 1.24 bits per heavy atom. The summed E-state index contributed by atoms with van der Waals surface area (Å²) in [5, 5.41) is 11.5. The van der Waals surface area contributed by atoms with E-state index in [1.165, 1.54) is 0 Å². The second-order valence-corrected chi connectivity index (χ2v) is 7.44. The highest BCUT2D eigenvalue weighted by atomic mass is 32.2. The molecule has 1 unspecified atom stereocenters. The van der Waals surface area contributed by atoms with Gasteiger partial charge in [0.1, 0.15) is 15.9 Å². The van der Waals surface area contributed by atoms with E-state index in [1.54, 1.807) is 4.90 Å². The number of rotatable bonds is 6. The molecule has 0 saturated carbocycles. The van der Waals surface area contributed by atoms with Gasteiger partial charge in [0.05, 0.1) is 5.75 Å². The molecule has 9 heteroatoms. The monoisotopic (exact) mass is 321 g/mol. The number of urea groups is 1. The van der Waals surface area contributed by atoms with Crippen molar-refractivity contribution >= 4 is 21.8 Å². The summed E-state index contributed by atoms with van der Waals surface area (Å²) in [4.78, 5) is 26.9. The highest BCUT2D eigenvalue weighted by Crippen LogP contribution is 2.04. The zero-order valence-corrected chi connectivity index (χ0v) is 13.2. The molecule has 1 atom stereocenters.